The molecule has 1 fully saturated rings. The maximum Gasteiger partial charge on any atom is 2.00 e. The smallest absolute Gasteiger partial charge is 0.374 e. The van der Waals surface area contributed by atoms with Gasteiger partial charge in [0, 0.05) is 0 Å². The number of benzene rings is 2. The molecule has 2 unspecified atom stereocenters. The Bertz CT molecular complexity index is 1230. The molecule has 1 nitrogen and oxygen atoms in total. The summed E-state index contributed by atoms with van der Waals surface area (Å²) in [5, 5.41) is 0. The summed E-state index contributed by atoms with van der Waals surface area (Å²) in [5.41, 5.74) is 4.05. The van der Waals surface area contributed by atoms with E-state index in [0.717, 1.165) is 12.8 Å². The summed E-state index contributed by atoms with van der Waals surface area (Å²) in [6, 6.07) is 58.5. The van der Waals surface area contributed by atoms with Gasteiger partial charge in [0.1, 0.15) is 0 Å². The van der Waals surface area contributed by atoms with Crippen LogP contribution < -0.4 is 0 Å². The minimum atomic E-state index is -0.433. The van der Waals surface area contributed by atoms with Crippen LogP contribution >= 0.6 is 0 Å². The predicted molar refractivity (Wildman–Crippen MR) is 153 cm³/mol. The number of hydrogen-bond donors (Lipinski definition) is 0. The molecule has 2 atom stereocenters. The quantitative estimate of drug-likeness (QED) is 0.147. The van der Waals surface area contributed by atoms with Gasteiger partial charge >= 0.3 is 34.1 Å². The molecule has 0 amide bonds. The van der Waals surface area contributed by atoms with Gasteiger partial charge in [-0.3, -0.25) is 0 Å². The summed E-state index contributed by atoms with van der Waals surface area (Å²) < 4.78 is 7.20. The molecule has 0 spiro atoms. The first-order chi connectivity index (χ1) is 18.3. The van der Waals surface area contributed by atoms with Gasteiger partial charge in [-0.2, -0.15) is 60.7 Å². The van der Waals surface area contributed by atoms with Crippen LogP contribution in [0.15, 0.2) is 170 Å². The molecule has 1 saturated heterocycles. The van der Waals surface area contributed by atoms with E-state index < -0.39 is 11.2 Å². The Morgan fingerprint density at radius 2 is 0.795 bits per heavy atom. The maximum atomic E-state index is 7.20. The van der Waals surface area contributed by atoms with E-state index in [-0.39, 0.29) is 34.1 Å². The fourth-order valence-corrected chi connectivity index (χ4v) is 5.24. The zero-order valence-corrected chi connectivity index (χ0v) is 23.9. The van der Waals surface area contributed by atoms with E-state index in [0.29, 0.717) is 0 Å². The number of rotatable bonds is 4. The molecule has 0 bridgehead atoms. The third-order valence-electron chi connectivity index (χ3n) is 7.03. The zero-order valence-electron chi connectivity index (χ0n) is 21.7. The molecule has 1 aliphatic heterocycles. The van der Waals surface area contributed by atoms with Gasteiger partial charge in [0.2, 0.25) is 0 Å². The van der Waals surface area contributed by atoms with Crippen molar-refractivity contribution in [2.24, 2.45) is 0 Å². The fraction of sp³-hybridized carbons (Fsp3) is 0.111. The Labute approximate surface area is 253 Å². The standard InChI is InChI=1S/C26H22O.2C5H5.2Fe/c1-3-11-21(12-4-1)25(23-15-7-8-16-23)19-20-26(27-25,24-17-9-10-18-24)22-13-5-2-6-14-22;2*1-2-4-5-3-1;;/h1-18H,19-20H2;2*1-5H;;/q-2;2*-1;2*+2. The van der Waals surface area contributed by atoms with Gasteiger partial charge in [0.15, 0.2) is 0 Å². The minimum absolute atomic E-state index is 0. The molecule has 1 heterocycles. The van der Waals surface area contributed by atoms with Gasteiger partial charge in [-0.1, -0.05) is 60.7 Å². The van der Waals surface area contributed by atoms with Crippen LogP contribution in [0.1, 0.15) is 35.1 Å². The van der Waals surface area contributed by atoms with Crippen molar-refractivity contribution in [1.29, 1.82) is 0 Å². The molecular formula is C36H32Fe2O. The fourth-order valence-electron chi connectivity index (χ4n) is 5.24. The van der Waals surface area contributed by atoms with Gasteiger partial charge in [-0.15, -0.1) is 11.1 Å². The third-order valence-corrected chi connectivity index (χ3v) is 7.03. The normalized spacial score (nSPS) is 19.3. The molecule has 198 valence electrons. The van der Waals surface area contributed by atoms with E-state index in [1.807, 2.05) is 60.7 Å². The molecule has 39 heavy (non-hydrogen) atoms. The van der Waals surface area contributed by atoms with Crippen LogP contribution in [0.4, 0.5) is 0 Å². The average molecular weight is 592 g/mol. The molecule has 0 aromatic heterocycles. The Morgan fingerprint density at radius 1 is 0.462 bits per heavy atom. The van der Waals surface area contributed by atoms with Crippen LogP contribution in [0.5, 0.6) is 0 Å². The van der Waals surface area contributed by atoms with Gasteiger partial charge in [-0.25, -0.2) is 48.5 Å². The Hall–Kier alpha value is -3.16. The molecule has 0 aliphatic carbocycles. The van der Waals surface area contributed by atoms with Crippen molar-refractivity contribution in [3.05, 3.63) is 192 Å². The number of ether oxygens (including phenoxy) is 1. The molecule has 0 N–H and O–H groups in total. The van der Waals surface area contributed by atoms with E-state index in [2.05, 4.69) is 109 Å². The summed E-state index contributed by atoms with van der Waals surface area (Å²) in [5.74, 6) is 0. The van der Waals surface area contributed by atoms with Crippen LogP contribution in [-0.2, 0) is 50.1 Å². The van der Waals surface area contributed by atoms with Crippen LogP contribution in [0.25, 0.3) is 0 Å². The Balaban J connectivity index is 0.000000295. The van der Waals surface area contributed by atoms with E-state index in [1.54, 1.807) is 0 Å². The van der Waals surface area contributed by atoms with Gasteiger partial charge in [0.05, 0.1) is 11.2 Å². The Morgan fingerprint density at radius 3 is 1.08 bits per heavy atom. The van der Waals surface area contributed by atoms with E-state index in [9.17, 15) is 0 Å². The van der Waals surface area contributed by atoms with Crippen LogP contribution in [-0.4, -0.2) is 0 Å². The van der Waals surface area contributed by atoms with Crippen LogP contribution in [0.2, 0.25) is 0 Å². The maximum absolute atomic E-state index is 7.20. The van der Waals surface area contributed by atoms with Gasteiger partial charge in [-0.05, 0) is 24.0 Å². The number of hydrogen-bond acceptors (Lipinski definition) is 1. The first-order valence-corrected chi connectivity index (χ1v) is 12.9. The topological polar surface area (TPSA) is 9.23 Å². The van der Waals surface area contributed by atoms with Crippen LogP contribution in [0.3, 0.4) is 0 Å². The molecule has 0 saturated carbocycles. The van der Waals surface area contributed by atoms with Crippen molar-refractivity contribution in [2.75, 3.05) is 0 Å². The Kier molecular flexibility index (Phi) is 11.6. The largest absolute Gasteiger partial charge is 2.00 e. The van der Waals surface area contributed by atoms with Crippen molar-refractivity contribution in [3.8, 4) is 0 Å². The predicted octanol–water partition coefficient (Wildman–Crippen LogP) is 8.93. The summed E-state index contributed by atoms with van der Waals surface area (Å²) in [7, 11) is 0. The van der Waals surface area contributed by atoms with Crippen LogP contribution in [0, 0.1) is 0 Å². The minimum Gasteiger partial charge on any atom is -0.374 e. The third kappa shape index (κ3) is 6.89. The monoisotopic (exact) mass is 592 g/mol. The van der Waals surface area contributed by atoms with Crippen molar-refractivity contribution in [2.45, 2.75) is 24.0 Å². The van der Waals surface area contributed by atoms with Crippen molar-refractivity contribution in [3.63, 3.8) is 0 Å². The van der Waals surface area contributed by atoms with Gasteiger partial charge < -0.3 is 4.74 Å². The zero-order chi connectivity index (χ0) is 25.2. The van der Waals surface area contributed by atoms with Crippen molar-refractivity contribution < 1.29 is 38.9 Å². The summed E-state index contributed by atoms with van der Waals surface area (Å²) >= 11 is 0. The molecular weight excluding hydrogens is 560 g/mol. The van der Waals surface area contributed by atoms with E-state index >= 15 is 0 Å². The molecule has 1 aliphatic rings. The molecule has 0 radical (unpaired) electrons. The second kappa shape index (κ2) is 14.8. The first kappa shape index (κ1) is 30.4. The van der Waals surface area contributed by atoms with E-state index in [1.165, 1.54) is 22.3 Å². The second-order valence-corrected chi connectivity index (χ2v) is 9.26. The van der Waals surface area contributed by atoms with Gasteiger partial charge in [0.25, 0.3) is 0 Å². The average Bonchev–Trinajstić information content (AvgIpc) is 3.82. The SMILES string of the molecule is [Fe+2].[Fe+2].c1cc[cH-]c1.c1cc[cH-]c1.c1ccc(C2([c-]3cccc3)CCC(c3ccccc3)([c-]3cccc3)O2)cc1. The summed E-state index contributed by atoms with van der Waals surface area (Å²) in [6.45, 7) is 0. The molecule has 7 rings (SSSR count). The van der Waals surface area contributed by atoms with Crippen molar-refractivity contribution >= 4 is 0 Å². The summed E-state index contributed by atoms with van der Waals surface area (Å²) in [4.78, 5) is 0. The van der Waals surface area contributed by atoms with Crippen molar-refractivity contribution in [1.82, 2.24) is 0 Å². The molecule has 6 aromatic carbocycles. The first-order valence-electron chi connectivity index (χ1n) is 12.9. The van der Waals surface area contributed by atoms with E-state index in [4.69, 9.17) is 4.74 Å². The summed E-state index contributed by atoms with van der Waals surface area (Å²) in [6.07, 6.45) is 1.89. The molecule has 3 heteroatoms. The second-order valence-electron chi connectivity index (χ2n) is 9.26. The molecule has 6 aromatic rings.